The molecular weight excluding hydrogens is 298 g/mol. The summed E-state index contributed by atoms with van der Waals surface area (Å²) in [5.41, 5.74) is -0.120. The fraction of sp³-hybridized carbons (Fsp3) is 0.625. The van der Waals surface area contributed by atoms with Gasteiger partial charge < -0.3 is 9.80 Å². The van der Waals surface area contributed by atoms with Crippen molar-refractivity contribution in [1.82, 2.24) is 14.7 Å². The standard InChI is InChI=1S/C16H23N3O2S/c1-13(20)19-6-5-18(9-14-4-3-7-22-14)11-16(12-19)8-15(21)17(2)10-16/h3-4,7H,5-6,8-12H2,1-2H3/t16-/m1/s1. The number of likely N-dealkylation sites (tertiary alicyclic amines) is 1. The maximum atomic E-state index is 12.1. The number of hydrogen-bond donors (Lipinski definition) is 0. The molecule has 1 atom stereocenters. The fourth-order valence-corrected chi connectivity index (χ4v) is 4.44. The Morgan fingerprint density at radius 3 is 2.73 bits per heavy atom. The summed E-state index contributed by atoms with van der Waals surface area (Å²) in [6.07, 6.45) is 0.550. The molecule has 0 aromatic carbocycles. The summed E-state index contributed by atoms with van der Waals surface area (Å²) in [6, 6.07) is 4.22. The Kier molecular flexibility index (Phi) is 4.23. The highest BCUT2D eigenvalue weighted by Crippen LogP contribution is 2.35. The minimum absolute atomic E-state index is 0.111. The third-order valence-electron chi connectivity index (χ3n) is 4.70. The van der Waals surface area contributed by atoms with Crippen LogP contribution >= 0.6 is 11.3 Å². The lowest BCUT2D eigenvalue weighted by Gasteiger charge is -2.33. The van der Waals surface area contributed by atoms with Crippen molar-refractivity contribution >= 4 is 23.2 Å². The maximum absolute atomic E-state index is 12.1. The van der Waals surface area contributed by atoms with E-state index >= 15 is 0 Å². The van der Waals surface area contributed by atoms with Crippen LogP contribution < -0.4 is 0 Å². The average molecular weight is 321 g/mol. The second-order valence-corrected chi connectivity index (χ2v) is 7.69. The van der Waals surface area contributed by atoms with Gasteiger partial charge in [-0.1, -0.05) is 6.07 Å². The lowest BCUT2D eigenvalue weighted by Crippen LogP contribution is -2.43. The van der Waals surface area contributed by atoms with Gasteiger partial charge in [0.2, 0.25) is 11.8 Å². The molecule has 1 spiro atoms. The number of hydrogen-bond acceptors (Lipinski definition) is 4. The highest BCUT2D eigenvalue weighted by atomic mass is 32.1. The van der Waals surface area contributed by atoms with Crippen LogP contribution in [-0.4, -0.2) is 66.3 Å². The van der Waals surface area contributed by atoms with Crippen molar-refractivity contribution in [2.75, 3.05) is 39.8 Å². The van der Waals surface area contributed by atoms with E-state index < -0.39 is 0 Å². The van der Waals surface area contributed by atoms with Crippen LogP contribution in [0.2, 0.25) is 0 Å². The molecular formula is C16H23N3O2S. The molecule has 1 aromatic rings. The summed E-state index contributed by atoms with van der Waals surface area (Å²) in [6.45, 7) is 6.48. The van der Waals surface area contributed by atoms with E-state index in [1.54, 1.807) is 18.3 Å². The van der Waals surface area contributed by atoms with Gasteiger partial charge in [-0.2, -0.15) is 0 Å². The average Bonchev–Trinajstić information content (AvgIpc) is 2.98. The van der Waals surface area contributed by atoms with Crippen molar-refractivity contribution in [2.24, 2.45) is 5.41 Å². The monoisotopic (exact) mass is 321 g/mol. The minimum Gasteiger partial charge on any atom is -0.345 e. The molecule has 0 unspecified atom stereocenters. The van der Waals surface area contributed by atoms with E-state index in [9.17, 15) is 9.59 Å². The number of carbonyl (C=O) groups is 2. The van der Waals surface area contributed by atoms with Crippen LogP contribution in [0.4, 0.5) is 0 Å². The van der Waals surface area contributed by atoms with E-state index in [1.165, 1.54) is 4.88 Å². The summed E-state index contributed by atoms with van der Waals surface area (Å²) in [5.74, 6) is 0.306. The number of carbonyl (C=O) groups excluding carboxylic acids is 2. The molecule has 0 N–H and O–H groups in total. The normalized spacial score (nSPS) is 26.7. The third-order valence-corrected chi connectivity index (χ3v) is 5.56. The van der Waals surface area contributed by atoms with Crippen molar-refractivity contribution in [2.45, 2.75) is 19.9 Å². The Morgan fingerprint density at radius 1 is 1.32 bits per heavy atom. The van der Waals surface area contributed by atoms with Crippen LogP contribution in [0, 0.1) is 5.41 Å². The molecule has 0 saturated carbocycles. The maximum Gasteiger partial charge on any atom is 0.223 e. The van der Waals surface area contributed by atoms with Gasteiger partial charge in [-0.15, -0.1) is 11.3 Å². The molecule has 120 valence electrons. The minimum atomic E-state index is -0.120. The van der Waals surface area contributed by atoms with E-state index in [4.69, 9.17) is 0 Å². The zero-order valence-corrected chi connectivity index (χ0v) is 14.1. The van der Waals surface area contributed by atoms with Crippen molar-refractivity contribution in [3.05, 3.63) is 22.4 Å². The topological polar surface area (TPSA) is 43.9 Å². The second-order valence-electron chi connectivity index (χ2n) is 6.66. The molecule has 2 amide bonds. The van der Waals surface area contributed by atoms with E-state index in [0.717, 1.165) is 32.7 Å². The Morgan fingerprint density at radius 2 is 2.14 bits per heavy atom. The van der Waals surface area contributed by atoms with Gasteiger partial charge in [0, 0.05) is 70.0 Å². The Hall–Kier alpha value is -1.40. The van der Waals surface area contributed by atoms with E-state index in [2.05, 4.69) is 22.4 Å². The predicted molar refractivity (Wildman–Crippen MR) is 86.5 cm³/mol. The number of thiophene rings is 1. The summed E-state index contributed by atoms with van der Waals surface area (Å²) in [4.78, 5) is 31.4. The molecule has 2 saturated heterocycles. The molecule has 3 heterocycles. The van der Waals surface area contributed by atoms with Gasteiger partial charge in [0.05, 0.1) is 0 Å². The van der Waals surface area contributed by atoms with Crippen LogP contribution in [0.1, 0.15) is 18.2 Å². The van der Waals surface area contributed by atoms with Gasteiger partial charge in [0.15, 0.2) is 0 Å². The lowest BCUT2D eigenvalue weighted by molar-refractivity contribution is -0.130. The van der Waals surface area contributed by atoms with Crippen LogP contribution in [-0.2, 0) is 16.1 Å². The van der Waals surface area contributed by atoms with Gasteiger partial charge in [0.1, 0.15) is 0 Å². The molecule has 3 rings (SSSR count). The lowest BCUT2D eigenvalue weighted by atomic mass is 9.86. The molecule has 1 aromatic heterocycles. The van der Waals surface area contributed by atoms with E-state index in [1.807, 2.05) is 16.8 Å². The Bertz CT molecular complexity index is 560. The van der Waals surface area contributed by atoms with Crippen LogP contribution in [0.3, 0.4) is 0 Å². The van der Waals surface area contributed by atoms with Crippen molar-refractivity contribution in [1.29, 1.82) is 0 Å². The molecule has 0 aliphatic carbocycles. The summed E-state index contributed by atoms with van der Waals surface area (Å²) in [7, 11) is 1.86. The molecule has 0 bridgehead atoms. The van der Waals surface area contributed by atoms with Crippen LogP contribution in [0.15, 0.2) is 17.5 Å². The second kappa shape index (κ2) is 6.01. The summed E-state index contributed by atoms with van der Waals surface area (Å²) < 4.78 is 0. The first-order valence-electron chi connectivity index (χ1n) is 7.72. The highest BCUT2D eigenvalue weighted by Gasteiger charge is 2.45. The molecule has 2 aliphatic heterocycles. The Labute approximate surface area is 135 Å². The predicted octanol–water partition coefficient (Wildman–Crippen LogP) is 1.26. The zero-order chi connectivity index (χ0) is 15.7. The molecule has 2 fully saturated rings. The summed E-state index contributed by atoms with van der Waals surface area (Å²) in [5, 5.41) is 2.09. The largest absolute Gasteiger partial charge is 0.345 e. The molecule has 5 nitrogen and oxygen atoms in total. The van der Waals surface area contributed by atoms with Gasteiger partial charge >= 0.3 is 0 Å². The third kappa shape index (κ3) is 3.17. The first-order chi connectivity index (χ1) is 10.5. The SMILES string of the molecule is CC(=O)N1CCN(Cc2cccs2)C[C@]2(CC(=O)N(C)C2)C1. The Balaban J connectivity index is 1.80. The molecule has 6 heteroatoms. The number of rotatable bonds is 2. The number of nitrogens with zero attached hydrogens (tertiary/aromatic N) is 3. The first-order valence-corrected chi connectivity index (χ1v) is 8.60. The van der Waals surface area contributed by atoms with Gasteiger partial charge in [-0.3, -0.25) is 14.5 Å². The first kappa shape index (κ1) is 15.5. The molecule has 0 radical (unpaired) electrons. The van der Waals surface area contributed by atoms with Gasteiger partial charge in [-0.05, 0) is 11.4 Å². The van der Waals surface area contributed by atoms with E-state index in [0.29, 0.717) is 13.0 Å². The van der Waals surface area contributed by atoms with Crippen molar-refractivity contribution in [3.63, 3.8) is 0 Å². The van der Waals surface area contributed by atoms with Gasteiger partial charge in [-0.25, -0.2) is 0 Å². The van der Waals surface area contributed by atoms with Gasteiger partial charge in [0.25, 0.3) is 0 Å². The van der Waals surface area contributed by atoms with Crippen LogP contribution in [0.25, 0.3) is 0 Å². The quantitative estimate of drug-likeness (QED) is 0.824. The molecule has 2 aliphatic rings. The smallest absolute Gasteiger partial charge is 0.223 e. The molecule has 22 heavy (non-hydrogen) atoms. The summed E-state index contributed by atoms with van der Waals surface area (Å²) >= 11 is 1.76. The van der Waals surface area contributed by atoms with Crippen molar-refractivity contribution in [3.8, 4) is 0 Å². The van der Waals surface area contributed by atoms with Crippen molar-refractivity contribution < 1.29 is 9.59 Å². The van der Waals surface area contributed by atoms with Crippen LogP contribution in [0.5, 0.6) is 0 Å². The number of amides is 2. The zero-order valence-electron chi connectivity index (χ0n) is 13.2. The van der Waals surface area contributed by atoms with E-state index in [-0.39, 0.29) is 17.2 Å². The fourth-order valence-electron chi connectivity index (χ4n) is 3.69. The highest BCUT2D eigenvalue weighted by molar-refractivity contribution is 7.09.